The van der Waals surface area contributed by atoms with Crippen molar-refractivity contribution in [1.82, 2.24) is 9.88 Å². The van der Waals surface area contributed by atoms with Crippen LogP contribution in [0.2, 0.25) is 0 Å². The minimum Gasteiger partial charge on any atom is -0.481 e. The monoisotopic (exact) mass is 388 g/mol. The van der Waals surface area contributed by atoms with E-state index in [1.54, 1.807) is 4.90 Å². The highest BCUT2D eigenvalue weighted by Gasteiger charge is 2.40. The number of aryl methyl sites for hydroxylation is 1. The Kier molecular flexibility index (Phi) is 5.47. The second kappa shape index (κ2) is 8.35. The number of carbonyl (C=O) groups excluding carboxylic acids is 1. The topological polar surface area (TPSA) is 73.4 Å². The van der Waals surface area contributed by atoms with Crippen LogP contribution in [0, 0.1) is 5.92 Å². The molecule has 0 spiro atoms. The first-order valence-electron chi connectivity index (χ1n) is 9.90. The van der Waals surface area contributed by atoms with E-state index in [9.17, 15) is 14.7 Å². The van der Waals surface area contributed by atoms with Crippen LogP contribution in [0.1, 0.15) is 23.6 Å². The number of carbonyl (C=O) groups is 2. The van der Waals surface area contributed by atoms with Gasteiger partial charge in [0.25, 0.3) is 0 Å². The van der Waals surface area contributed by atoms with Crippen LogP contribution in [0.15, 0.2) is 72.8 Å². The van der Waals surface area contributed by atoms with Crippen molar-refractivity contribution in [3.8, 4) is 11.3 Å². The molecule has 4 rings (SSSR count). The standard InChI is InChI=1S/C24H24N2O3/c27-23(14-12-19-11-13-22(25-19)18-9-5-2-6-10-18)26-15-20(21(16-26)24(28)29)17-7-3-1-4-8-17/h1-11,13,20-21,25H,12,14-16H2,(H,28,29). The zero-order valence-electron chi connectivity index (χ0n) is 16.1. The normalized spacial score (nSPS) is 18.7. The van der Waals surface area contributed by atoms with Gasteiger partial charge < -0.3 is 15.0 Å². The van der Waals surface area contributed by atoms with Gasteiger partial charge in [0.05, 0.1) is 5.92 Å². The number of H-pyrrole nitrogens is 1. The van der Waals surface area contributed by atoms with Crippen LogP contribution in [0.3, 0.4) is 0 Å². The van der Waals surface area contributed by atoms with E-state index in [0.717, 1.165) is 22.5 Å². The van der Waals surface area contributed by atoms with E-state index in [4.69, 9.17) is 0 Å². The summed E-state index contributed by atoms with van der Waals surface area (Å²) in [6.07, 6.45) is 0.971. The first kappa shape index (κ1) is 19.0. The lowest BCUT2D eigenvalue weighted by Gasteiger charge is -2.16. The smallest absolute Gasteiger partial charge is 0.308 e. The minimum atomic E-state index is -0.842. The van der Waals surface area contributed by atoms with Crippen LogP contribution in [0.5, 0.6) is 0 Å². The minimum absolute atomic E-state index is 0.00513. The van der Waals surface area contributed by atoms with Crippen molar-refractivity contribution in [3.63, 3.8) is 0 Å². The Morgan fingerprint density at radius 2 is 1.62 bits per heavy atom. The molecule has 0 saturated carbocycles. The average molecular weight is 388 g/mol. The summed E-state index contributed by atoms with van der Waals surface area (Å²) >= 11 is 0. The molecule has 0 bridgehead atoms. The predicted molar refractivity (Wildman–Crippen MR) is 111 cm³/mol. The van der Waals surface area contributed by atoms with Crippen LogP contribution < -0.4 is 0 Å². The number of amides is 1. The van der Waals surface area contributed by atoms with Crippen LogP contribution in [-0.2, 0) is 16.0 Å². The summed E-state index contributed by atoms with van der Waals surface area (Å²) in [4.78, 5) is 29.6. The van der Waals surface area contributed by atoms with Crippen molar-refractivity contribution in [1.29, 1.82) is 0 Å². The van der Waals surface area contributed by atoms with Crippen molar-refractivity contribution in [3.05, 3.63) is 84.1 Å². The number of aromatic nitrogens is 1. The van der Waals surface area contributed by atoms with Crippen molar-refractivity contribution in [2.75, 3.05) is 13.1 Å². The molecule has 1 aliphatic rings. The second-order valence-corrected chi connectivity index (χ2v) is 7.52. The zero-order chi connectivity index (χ0) is 20.2. The van der Waals surface area contributed by atoms with E-state index < -0.39 is 11.9 Å². The summed E-state index contributed by atoms with van der Waals surface area (Å²) in [5, 5.41) is 9.62. The Labute approximate surface area is 170 Å². The van der Waals surface area contributed by atoms with Crippen LogP contribution in [0.25, 0.3) is 11.3 Å². The lowest BCUT2D eigenvalue weighted by atomic mass is 9.89. The van der Waals surface area contributed by atoms with Gasteiger partial charge >= 0.3 is 5.97 Å². The Hall–Kier alpha value is -3.34. The largest absolute Gasteiger partial charge is 0.481 e. The Morgan fingerprint density at radius 1 is 0.931 bits per heavy atom. The number of aliphatic carboxylic acids is 1. The van der Waals surface area contributed by atoms with Crippen molar-refractivity contribution < 1.29 is 14.7 Å². The molecular formula is C24H24N2O3. The van der Waals surface area contributed by atoms with Gasteiger partial charge in [-0.3, -0.25) is 9.59 Å². The number of benzene rings is 2. The van der Waals surface area contributed by atoms with E-state index in [2.05, 4.69) is 4.98 Å². The van der Waals surface area contributed by atoms with Crippen LogP contribution in [0.4, 0.5) is 0 Å². The van der Waals surface area contributed by atoms with Gasteiger partial charge in [0.2, 0.25) is 5.91 Å². The molecule has 1 aliphatic heterocycles. The maximum absolute atomic E-state index is 12.8. The number of carboxylic acids is 1. The highest BCUT2D eigenvalue weighted by molar-refractivity contribution is 5.80. The van der Waals surface area contributed by atoms with Gasteiger partial charge in [-0.1, -0.05) is 60.7 Å². The molecule has 2 unspecified atom stereocenters. The van der Waals surface area contributed by atoms with Gasteiger partial charge in [-0.15, -0.1) is 0 Å². The third-order valence-corrected chi connectivity index (χ3v) is 5.66. The Bertz CT molecular complexity index is 982. The van der Waals surface area contributed by atoms with Gasteiger partial charge in [-0.05, 0) is 29.7 Å². The molecule has 3 aromatic rings. The quantitative estimate of drug-likeness (QED) is 0.672. The second-order valence-electron chi connectivity index (χ2n) is 7.52. The molecule has 5 nitrogen and oxygen atoms in total. The molecular weight excluding hydrogens is 364 g/mol. The molecule has 148 valence electrons. The summed E-state index contributed by atoms with van der Waals surface area (Å²) in [5.74, 6) is -1.55. The fourth-order valence-corrected chi connectivity index (χ4v) is 4.07. The molecule has 2 heterocycles. The molecule has 0 radical (unpaired) electrons. The summed E-state index contributed by atoms with van der Waals surface area (Å²) < 4.78 is 0. The molecule has 2 aromatic carbocycles. The molecule has 2 N–H and O–H groups in total. The van der Waals surface area contributed by atoms with E-state index in [-0.39, 0.29) is 18.4 Å². The highest BCUT2D eigenvalue weighted by atomic mass is 16.4. The Balaban J connectivity index is 1.39. The number of nitrogens with one attached hydrogen (secondary N) is 1. The van der Waals surface area contributed by atoms with Gasteiger partial charge in [-0.25, -0.2) is 0 Å². The number of hydrogen-bond donors (Lipinski definition) is 2. The lowest BCUT2D eigenvalue weighted by molar-refractivity contribution is -0.141. The molecule has 0 aliphatic carbocycles. The SMILES string of the molecule is O=C(O)C1CN(C(=O)CCc2ccc(-c3ccccc3)[nH]2)CC1c1ccccc1. The fraction of sp³-hybridized carbons (Fsp3) is 0.250. The maximum atomic E-state index is 12.8. The van der Waals surface area contributed by atoms with Crippen molar-refractivity contribution in [2.24, 2.45) is 5.92 Å². The van der Waals surface area contributed by atoms with E-state index >= 15 is 0 Å². The van der Waals surface area contributed by atoms with Gasteiger partial charge in [0, 0.05) is 36.8 Å². The number of hydrogen-bond acceptors (Lipinski definition) is 2. The molecule has 1 fully saturated rings. The van der Waals surface area contributed by atoms with Crippen LogP contribution >= 0.6 is 0 Å². The average Bonchev–Trinajstić information content (AvgIpc) is 3.41. The molecule has 2 atom stereocenters. The summed E-state index contributed by atoms with van der Waals surface area (Å²) in [5.41, 5.74) is 4.13. The maximum Gasteiger partial charge on any atom is 0.308 e. The first-order chi connectivity index (χ1) is 14.1. The predicted octanol–water partition coefficient (Wildman–Crippen LogP) is 3.94. The van der Waals surface area contributed by atoms with Crippen molar-refractivity contribution >= 4 is 11.9 Å². The molecule has 1 amide bonds. The highest BCUT2D eigenvalue weighted by Crippen LogP contribution is 2.33. The number of carboxylic acid groups (broad SMARTS) is 1. The molecule has 5 heteroatoms. The summed E-state index contributed by atoms with van der Waals surface area (Å²) in [7, 11) is 0. The fourth-order valence-electron chi connectivity index (χ4n) is 4.07. The van der Waals surface area contributed by atoms with E-state index in [1.807, 2.05) is 72.8 Å². The summed E-state index contributed by atoms with van der Waals surface area (Å²) in [6.45, 7) is 0.730. The number of rotatable bonds is 6. The third-order valence-electron chi connectivity index (χ3n) is 5.66. The number of likely N-dealkylation sites (tertiary alicyclic amines) is 1. The lowest BCUT2D eigenvalue weighted by Crippen LogP contribution is -2.30. The third kappa shape index (κ3) is 4.24. The zero-order valence-corrected chi connectivity index (χ0v) is 16.1. The Morgan fingerprint density at radius 3 is 2.31 bits per heavy atom. The van der Waals surface area contributed by atoms with Crippen molar-refractivity contribution in [2.45, 2.75) is 18.8 Å². The van der Waals surface area contributed by atoms with Crippen LogP contribution in [-0.4, -0.2) is 40.0 Å². The number of aromatic amines is 1. The molecule has 29 heavy (non-hydrogen) atoms. The van der Waals surface area contributed by atoms with Gasteiger partial charge in [-0.2, -0.15) is 0 Å². The number of nitrogens with zero attached hydrogens (tertiary/aromatic N) is 1. The molecule has 1 aromatic heterocycles. The van der Waals surface area contributed by atoms with E-state index in [1.165, 1.54) is 0 Å². The summed E-state index contributed by atoms with van der Waals surface area (Å²) in [6, 6.07) is 23.7. The van der Waals surface area contributed by atoms with Gasteiger partial charge in [0.15, 0.2) is 0 Å². The first-order valence-corrected chi connectivity index (χ1v) is 9.90. The molecule has 1 saturated heterocycles. The van der Waals surface area contributed by atoms with E-state index in [0.29, 0.717) is 19.4 Å². The van der Waals surface area contributed by atoms with Gasteiger partial charge in [0.1, 0.15) is 0 Å².